The van der Waals surface area contributed by atoms with E-state index in [2.05, 4.69) is 47.5 Å². The molecule has 0 fully saturated rings. The van der Waals surface area contributed by atoms with Crippen molar-refractivity contribution in [2.24, 2.45) is 0 Å². The smallest absolute Gasteiger partial charge is 0.194 e. The third-order valence-corrected chi connectivity index (χ3v) is 4.37. The fraction of sp³-hybridized carbons (Fsp3) is 0.267. The molecule has 0 saturated carbocycles. The average molecular weight is 272 g/mol. The van der Waals surface area contributed by atoms with Crippen molar-refractivity contribution < 1.29 is 5.11 Å². The number of hydrogen-bond donors (Lipinski definition) is 1. The summed E-state index contributed by atoms with van der Waals surface area (Å²) >= 11 is 1.66. The molecule has 0 spiro atoms. The third-order valence-electron chi connectivity index (χ3n) is 3.40. The fourth-order valence-corrected chi connectivity index (χ4v) is 3.35. The molecule has 3 rings (SSSR count). The molecule has 2 heterocycles. The highest BCUT2D eigenvalue weighted by Gasteiger charge is 2.14. The summed E-state index contributed by atoms with van der Waals surface area (Å²) in [5.74, 6) is 0. The maximum Gasteiger partial charge on any atom is 0.194 e. The third kappa shape index (κ3) is 1.97. The molecule has 0 aliphatic rings. The molecule has 0 bridgehead atoms. The Morgan fingerprint density at radius 3 is 2.63 bits per heavy atom. The largest absolute Gasteiger partial charge is 0.390 e. The van der Waals surface area contributed by atoms with Gasteiger partial charge in [-0.25, -0.2) is 4.98 Å². The Labute approximate surface area is 116 Å². The maximum atomic E-state index is 9.43. The number of hydrogen-bond acceptors (Lipinski definition) is 3. The van der Waals surface area contributed by atoms with Crippen LogP contribution in [0.15, 0.2) is 30.5 Å². The van der Waals surface area contributed by atoms with Crippen LogP contribution in [-0.4, -0.2) is 14.5 Å². The molecule has 3 aromatic rings. The van der Waals surface area contributed by atoms with Crippen molar-refractivity contribution in [2.45, 2.75) is 26.9 Å². The first kappa shape index (κ1) is 12.4. The summed E-state index contributed by atoms with van der Waals surface area (Å²) in [6, 6.07) is 8.62. The van der Waals surface area contributed by atoms with Gasteiger partial charge in [0.1, 0.15) is 0 Å². The van der Waals surface area contributed by atoms with Crippen LogP contribution in [0, 0.1) is 6.92 Å². The zero-order valence-corrected chi connectivity index (χ0v) is 11.9. The van der Waals surface area contributed by atoms with Crippen molar-refractivity contribution in [3.05, 3.63) is 46.6 Å². The first-order valence-electron chi connectivity index (χ1n) is 6.40. The van der Waals surface area contributed by atoms with Crippen molar-refractivity contribution in [2.75, 3.05) is 0 Å². The van der Waals surface area contributed by atoms with Crippen LogP contribution in [0.4, 0.5) is 0 Å². The van der Waals surface area contributed by atoms with Gasteiger partial charge >= 0.3 is 0 Å². The highest BCUT2D eigenvalue weighted by atomic mass is 32.1. The number of benzene rings is 1. The van der Waals surface area contributed by atoms with Crippen molar-refractivity contribution in [1.29, 1.82) is 0 Å². The van der Waals surface area contributed by atoms with Gasteiger partial charge < -0.3 is 5.11 Å². The molecule has 0 saturated heterocycles. The summed E-state index contributed by atoms with van der Waals surface area (Å²) < 4.78 is 2.06. The molecule has 98 valence electrons. The molecule has 0 atom stereocenters. The van der Waals surface area contributed by atoms with Gasteiger partial charge in [-0.1, -0.05) is 31.2 Å². The van der Waals surface area contributed by atoms with E-state index in [-0.39, 0.29) is 6.61 Å². The fourth-order valence-electron chi connectivity index (χ4n) is 2.36. The molecular weight excluding hydrogens is 256 g/mol. The van der Waals surface area contributed by atoms with Gasteiger partial charge in [-0.05, 0) is 24.5 Å². The van der Waals surface area contributed by atoms with Gasteiger partial charge in [0.15, 0.2) is 4.96 Å². The first-order valence-corrected chi connectivity index (χ1v) is 7.22. The Morgan fingerprint density at radius 2 is 2.00 bits per heavy atom. The van der Waals surface area contributed by atoms with Gasteiger partial charge in [0.2, 0.25) is 0 Å². The monoisotopic (exact) mass is 272 g/mol. The number of aryl methyl sites for hydroxylation is 2. The van der Waals surface area contributed by atoms with Crippen LogP contribution >= 0.6 is 11.3 Å². The number of aliphatic hydroxyl groups is 1. The van der Waals surface area contributed by atoms with Crippen molar-refractivity contribution >= 4 is 16.3 Å². The van der Waals surface area contributed by atoms with E-state index in [4.69, 9.17) is 0 Å². The Balaban J connectivity index is 2.22. The quantitative estimate of drug-likeness (QED) is 0.793. The number of thiazole rings is 1. The van der Waals surface area contributed by atoms with Crippen LogP contribution in [0.1, 0.15) is 23.1 Å². The lowest BCUT2D eigenvalue weighted by Crippen LogP contribution is -1.94. The molecular formula is C15H16N2OS. The average Bonchev–Trinajstić information content (AvgIpc) is 2.96. The molecule has 1 N–H and O–H groups in total. The van der Waals surface area contributed by atoms with Crippen LogP contribution in [0.25, 0.3) is 16.2 Å². The lowest BCUT2D eigenvalue weighted by molar-refractivity contribution is 0.276. The second-order valence-electron chi connectivity index (χ2n) is 4.58. The van der Waals surface area contributed by atoms with E-state index in [1.54, 1.807) is 17.5 Å². The summed E-state index contributed by atoms with van der Waals surface area (Å²) in [4.78, 5) is 6.52. The van der Waals surface area contributed by atoms with Crippen molar-refractivity contribution in [3.63, 3.8) is 0 Å². The van der Waals surface area contributed by atoms with E-state index in [9.17, 15) is 5.11 Å². The summed E-state index contributed by atoms with van der Waals surface area (Å²) in [7, 11) is 0. The number of aromatic nitrogens is 2. The van der Waals surface area contributed by atoms with Crippen LogP contribution in [0.2, 0.25) is 0 Å². The molecule has 0 unspecified atom stereocenters. The van der Waals surface area contributed by atoms with Crippen molar-refractivity contribution in [1.82, 2.24) is 9.38 Å². The van der Waals surface area contributed by atoms with Gasteiger partial charge in [0.25, 0.3) is 0 Å². The Bertz CT molecular complexity index is 710. The van der Waals surface area contributed by atoms with Crippen LogP contribution in [0.5, 0.6) is 0 Å². The normalized spacial score (nSPS) is 11.3. The molecule has 4 heteroatoms. The molecule has 2 aromatic heterocycles. The summed E-state index contributed by atoms with van der Waals surface area (Å²) in [5.41, 5.74) is 4.49. The van der Waals surface area contributed by atoms with Crippen molar-refractivity contribution in [3.8, 4) is 11.3 Å². The topological polar surface area (TPSA) is 37.5 Å². The predicted octanol–water partition coefficient (Wildman–Crippen LogP) is 3.43. The number of aliphatic hydroxyl groups excluding tert-OH is 1. The predicted molar refractivity (Wildman–Crippen MR) is 78.5 cm³/mol. The lowest BCUT2D eigenvalue weighted by Gasteiger charge is -2.05. The molecule has 19 heavy (non-hydrogen) atoms. The lowest BCUT2D eigenvalue weighted by atomic mass is 10.1. The second-order valence-corrected chi connectivity index (χ2v) is 5.76. The van der Waals surface area contributed by atoms with Gasteiger partial charge in [0.05, 0.1) is 24.2 Å². The van der Waals surface area contributed by atoms with E-state index < -0.39 is 0 Å². The first-order chi connectivity index (χ1) is 9.24. The summed E-state index contributed by atoms with van der Waals surface area (Å²) in [5, 5.41) is 9.43. The SMILES string of the molecule is CCc1ccc(-c2c(C)sc3ncc(CO)n23)cc1. The van der Waals surface area contributed by atoms with Crippen LogP contribution < -0.4 is 0 Å². The highest BCUT2D eigenvalue weighted by Crippen LogP contribution is 2.32. The zero-order valence-electron chi connectivity index (χ0n) is 11.1. The van der Waals surface area contributed by atoms with E-state index in [1.165, 1.54) is 16.0 Å². The van der Waals surface area contributed by atoms with Gasteiger partial charge in [-0.3, -0.25) is 4.40 Å². The molecule has 0 aliphatic heterocycles. The van der Waals surface area contributed by atoms with Gasteiger partial charge in [-0.2, -0.15) is 0 Å². The minimum atomic E-state index is 0.0113. The maximum absolute atomic E-state index is 9.43. The number of rotatable bonds is 3. The summed E-state index contributed by atoms with van der Waals surface area (Å²) in [6.45, 7) is 4.27. The van der Waals surface area contributed by atoms with Gasteiger partial charge in [-0.15, -0.1) is 11.3 Å². The number of imidazole rings is 1. The number of fused-ring (bicyclic) bond motifs is 1. The Morgan fingerprint density at radius 1 is 1.26 bits per heavy atom. The standard InChI is InChI=1S/C15H16N2OS/c1-3-11-4-6-12(7-5-11)14-10(2)19-15-16-8-13(9-18)17(14)15/h4-8,18H,3,9H2,1-2H3. The zero-order chi connectivity index (χ0) is 13.4. The minimum absolute atomic E-state index is 0.0113. The molecule has 1 aromatic carbocycles. The number of nitrogens with zero attached hydrogens (tertiary/aromatic N) is 2. The van der Waals surface area contributed by atoms with Gasteiger partial charge in [0, 0.05) is 4.88 Å². The second kappa shape index (κ2) is 4.79. The van der Waals surface area contributed by atoms with E-state index in [0.29, 0.717) is 0 Å². The molecule has 0 aliphatic carbocycles. The van der Waals surface area contributed by atoms with Crippen LogP contribution in [-0.2, 0) is 13.0 Å². The molecule has 0 amide bonds. The summed E-state index contributed by atoms with van der Waals surface area (Å²) in [6.07, 6.45) is 2.79. The minimum Gasteiger partial charge on any atom is -0.390 e. The van der Waals surface area contributed by atoms with E-state index in [1.807, 2.05) is 0 Å². The molecule has 0 radical (unpaired) electrons. The van der Waals surface area contributed by atoms with E-state index in [0.717, 1.165) is 22.8 Å². The highest BCUT2D eigenvalue weighted by molar-refractivity contribution is 7.17. The Kier molecular flexibility index (Phi) is 3.12. The van der Waals surface area contributed by atoms with E-state index >= 15 is 0 Å². The molecule has 3 nitrogen and oxygen atoms in total. The Hall–Kier alpha value is -1.65. The van der Waals surface area contributed by atoms with Crippen LogP contribution in [0.3, 0.4) is 0 Å².